The van der Waals surface area contributed by atoms with Gasteiger partial charge in [-0.3, -0.25) is 9.89 Å². The van der Waals surface area contributed by atoms with Gasteiger partial charge >= 0.3 is 6.18 Å². The largest absolute Gasteiger partial charge is 0.418 e. The fourth-order valence-corrected chi connectivity index (χ4v) is 1.58. The number of aromatic amines is 1. The SMILES string of the molecule is Cc1nc(C(=O)Nc2ccc(C#N)cc2C(F)(F)F)n[nH]1. The van der Waals surface area contributed by atoms with Crippen molar-refractivity contribution in [3.8, 4) is 6.07 Å². The van der Waals surface area contributed by atoms with Crippen molar-refractivity contribution in [3.05, 3.63) is 41.0 Å². The van der Waals surface area contributed by atoms with Crippen molar-refractivity contribution in [1.82, 2.24) is 15.2 Å². The predicted octanol–water partition coefficient (Wildman–Crippen LogP) is 2.26. The predicted molar refractivity (Wildman–Crippen MR) is 65.2 cm³/mol. The van der Waals surface area contributed by atoms with Gasteiger partial charge in [-0.25, -0.2) is 4.98 Å². The Balaban J connectivity index is 2.36. The average molecular weight is 295 g/mol. The molecule has 1 amide bonds. The Morgan fingerprint density at radius 1 is 1.43 bits per heavy atom. The molecule has 0 aliphatic heterocycles. The molecule has 0 fully saturated rings. The van der Waals surface area contributed by atoms with Crippen molar-refractivity contribution in [2.24, 2.45) is 0 Å². The summed E-state index contributed by atoms with van der Waals surface area (Å²) in [7, 11) is 0. The number of anilines is 1. The van der Waals surface area contributed by atoms with Crippen LogP contribution in [0.5, 0.6) is 0 Å². The minimum absolute atomic E-state index is 0.158. The van der Waals surface area contributed by atoms with E-state index >= 15 is 0 Å². The number of hydrogen-bond donors (Lipinski definition) is 2. The monoisotopic (exact) mass is 295 g/mol. The number of halogens is 3. The van der Waals surface area contributed by atoms with Gasteiger partial charge in [0.05, 0.1) is 22.9 Å². The number of carbonyl (C=O) groups excluding carboxylic acids is 1. The van der Waals surface area contributed by atoms with Gasteiger partial charge < -0.3 is 5.32 Å². The first kappa shape index (κ1) is 14.5. The van der Waals surface area contributed by atoms with Crippen LogP contribution in [0, 0.1) is 18.3 Å². The maximum atomic E-state index is 12.9. The molecule has 21 heavy (non-hydrogen) atoms. The fraction of sp³-hybridized carbons (Fsp3) is 0.167. The molecular formula is C12H8F3N5O. The van der Waals surface area contributed by atoms with E-state index in [4.69, 9.17) is 5.26 Å². The Kier molecular flexibility index (Phi) is 3.62. The number of aromatic nitrogens is 3. The molecule has 0 aliphatic rings. The molecule has 0 aliphatic carbocycles. The minimum atomic E-state index is -4.70. The highest BCUT2D eigenvalue weighted by molar-refractivity contribution is 6.02. The van der Waals surface area contributed by atoms with E-state index < -0.39 is 23.3 Å². The van der Waals surface area contributed by atoms with E-state index in [0.29, 0.717) is 11.9 Å². The molecule has 2 aromatic rings. The lowest BCUT2D eigenvalue weighted by Crippen LogP contribution is -2.18. The Morgan fingerprint density at radius 2 is 2.14 bits per heavy atom. The van der Waals surface area contributed by atoms with E-state index in [0.717, 1.165) is 6.07 Å². The van der Waals surface area contributed by atoms with E-state index in [1.54, 1.807) is 13.0 Å². The summed E-state index contributed by atoms with van der Waals surface area (Å²) < 4.78 is 38.8. The number of rotatable bonds is 2. The van der Waals surface area contributed by atoms with Gasteiger partial charge in [-0.1, -0.05) is 0 Å². The average Bonchev–Trinajstić information content (AvgIpc) is 2.84. The van der Waals surface area contributed by atoms with Crippen molar-refractivity contribution in [2.75, 3.05) is 5.32 Å². The molecule has 0 bridgehead atoms. The maximum Gasteiger partial charge on any atom is 0.418 e. The first-order valence-electron chi connectivity index (χ1n) is 5.63. The molecular weight excluding hydrogens is 287 g/mol. The summed E-state index contributed by atoms with van der Waals surface area (Å²) >= 11 is 0. The Morgan fingerprint density at radius 3 is 2.67 bits per heavy atom. The molecule has 108 valence electrons. The van der Waals surface area contributed by atoms with Crippen LogP contribution >= 0.6 is 0 Å². The second kappa shape index (κ2) is 5.24. The number of benzene rings is 1. The molecule has 0 saturated carbocycles. The zero-order valence-corrected chi connectivity index (χ0v) is 10.6. The van der Waals surface area contributed by atoms with Gasteiger partial charge in [-0.15, -0.1) is 5.10 Å². The van der Waals surface area contributed by atoms with E-state index in [1.807, 2.05) is 0 Å². The van der Waals surface area contributed by atoms with Gasteiger partial charge in [0.15, 0.2) is 0 Å². The lowest BCUT2D eigenvalue weighted by Gasteiger charge is -2.13. The highest BCUT2D eigenvalue weighted by Crippen LogP contribution is 2.35. The van der Waals surface area contributed by atoms with Crippen molar-refractivity contribution >= 4 is 11.6 Å². The van der Waals surface area contributed by atoms with Crippen molar-refractivity contribution in [1.29, 1.82) is 5.26 Å². The van der Waals surface area contributed by atoms with Gasteiger partial charge in [0.25, 0.3) is 5.91 Å². The molecule has 1 heterocycles. The van der Waals surface area contributed by atoms with Gasteiger partial charge in [0.1, 0.15) is 5.82 Å². The first-order valence-corrected chi connectivity index (χ1v) is 5.63. The number of nitriles is 1. The lowest BCUT2D eigenvalue weighted by atomic mass is 10.1. The van der Waals surface area contributed by atoms with E-state index in [2.05, 4.69) is 20.5 Å². The van der Waals surface area contributed by atoms with Gasteiger partial charge in [0.2, 0.25) is 5.82 Å². The minimum Gasteiger partial charge on any atom is -0.319 e. The zero-order valence-electron chi connectivity index (χ0n) is 10.6. The standard InChI is InChI=1S/C12H8F3N5O/c1-6-17-10(20-19-6)11(21)18-9-3-2-7(5-16)4-8(9)12(13,14)15/h2-4H,1H3,(H,18,21)(H,17,19,20). The molecule has 2 N–H and O–H groups in total. The molecule has 2 rings (SSSR count). The summed E-state index contributed by atoms with van der Waals surface area (Å²) in [6, 6.07) is 4.47. The first-order chi connectivity index (χ1) is 9.81. The van der Waals surface area contributed by atoms with Crippen molar-refractivity contribution in [2.45, 2.75) is 13.1 Å². The van der Waals surface area contributed by atoms with E-state index in [-0.39, 0.29) is 11.4 Å². The summed E-state index contributed by atoms with van der Waals surface area (Å²) in [5.41, 5.74) is -1.73. The highest BCUT2D eigenvalue weighted by Gasteiger charge is 2.34. The Hall–Kier alpha value is -2.89. The summed E-state index contributed by atoms with van der Waals surface area (Å²) in [6.07, 6.45) is -4.70. The van der Waals surface area contributed by atoms with Crippen LogP contribution < -0.4 is 5.32 Å². The molecule has 6 nitrogen and oxygen atoms in total. The third kappa shape index (κ3) is 3.17. The van der Waals surface area contributed by atoms with Crippen LogP contribution in [0.1, 0.15) is 27.6 Å². The van der Waals surface area contributed by atoms with E-state index in [1.165, 1.54) is 6.07 Å². The second-order valence-electron chi connectivity index (χ2n) is 4.07. The van der Waals surface area contributed by atoms with Crippen LogP contribution in [-0.4, -0.2) is 21.1 Å². The second-order valence-corrected chi connectivity index (χ2v) is 4.07. The smallest absolute Gasteiger partial charge is 0.319 e. The molecule has 0 unspecified atom stereocenters. The quantitative estimate of drug-likeness (QED) is 0.888. The van der Waals surface area contributed by atoms with E-state index in [9.17, 15) is 18.0 Å². The van der Waals surface area contributed by atoms with Crippen LogP contribution in [0.15, 0.2) is 18.2 Å². The molecule has 1 aromatic heterocycles. The number of hydrogen-bond acceptors (Lipinski definition) is 4. The van der Waals surface area contributed by atoms with Gasteiger partial charge in [0, 0.05) is 0 Å². The number of H-pyrrole nitrogens is 1. The van der Waals surface area contributed by atoms with Crippen LogP contribution in [0.25, 0.3) is 0 Å². The molecule has 9 heteroatoms. The summed E-state index contributed by atoms with van der Waals surface area (Å²) in [6.45, 7) is 1.55. The van der Waals surface area contributed by atoms with Crippen LogP contribution in [0.3, 0.4) is 0 Å². The number of nitrogens with zero attached hydrogens (tertiary/aromatic N) is 3. The molecule has 1 aromatic carbocycles. The van der Waals surface area contributed by atoms with Crippen molar-refractivity contribution < 1.29 is 18.0 Å². The van der Waals surface area contributed by atoms with Crippen LogP contribution in [0.2, 0.25) is 0 Å². The number of nitrogens with one attached hydrogen (secondary N) is 2. The lowest BCUT2D eigenvalue weighted by molar-refractivity contribution is -0.136. The summed E-state index contributed by atoms with van der Waals surface area (Å²) in [5.74, 6) is -0.796. The van der Waals surface area contributed by atoms with Crippen LogP contribution in [-0.2, 0) is 6.18 Å². The zero-order chi connectivity index (χ0) is 15.6. The number of alkyl halides is 3. The number of amides is 1. The Bertz CT molecular complexity index is 729. The summed E-state index contributed by atoms with van der Waals surface area (Å²) in [5, 5.41) is 16.7. The highest BCUT2D eigenvalue weighted by atomic mass is 19.4. The maximum absolute atomic E-state index is 12.9. The fourth-order valence-electron chi connectivity index (χ4n) is 1.58. The number of aryl methyl sites for hydroxylation is 1. The number of carbonyl (C=O) groups is 1. The molecule has 0 radical (unpaired) electrons. The molecule has 0 spiro atoms. The van der Waals surface area contributed by atoms with Crippen LogP contribution in [0.4, 0.5) is 18.9 Å². The van der Waals surface area contributed by atoms with Gasteiger partial charge in [-0.05, 0) is 25.1 Å². The molecule has 0 atom stereocenters. The topological polar surface area (TPSA) is 94.5 Å². The van der Waals surface area contributed by atoms with Crippen molar-refractivity contribution in [3.63, 3.8) is 0 Å². The third-order valence-corrected chi connectivity index (χ3v) is 2.50. The molecule has 0 saturated heterocycles. The van der Waals surface area contributed by atoms with Gasteiger partial charge in [-0.2, -0.15) is 18.4 Å². The third-order valence-electron chi connectivity index (χ3n) is 2.50. The normalized spacial score (nSPS) is 11.0. The Labute approximate surface area is 116 Å². The summed E-state index contributed by atoms with van der Waals surface area (Å²) in [4.78, 5) is 15.5.